The molecular formula is C16H20O2. The molecule has 1 saturated carbocycles. The first-order valence-electron chi connectivity index (χ1n) is 6.67. The SMILES string of the molecule is C=CCC1CCC(C(=O)Oc2ccccc2)CC1. The molecule has 18 heavy (non-hydrogen) atoms. The fourth-order valence-corrected chi connectivity index (χ4v) is 2.56. The van der Waals surface area contributed by atoms with Crippen molar-refractivity contribution in [2.75, 3.05) is 0 Å². The Morgan fingerprint density at radius 2 is 1.89 bits per heavy atom. The van der Waals surface area contributed by atoms with E-state index in [-0.39, 0.29) is 11.9 Å². The molecule has 1 aliphatic carbocycles. The zero-order valence-electron chi connectivity index (χ0n) is 10.7. The van der Waals surface area contributed by atoms with E-state index < -0.39 is 0 Å². The van der Waals surface area contributed by atoms with Gasteiger partial charge < -0.3 is 4.74 Å². The van der Waals surface area contributed by atoms with Gasteiger partial charge in [-0.15, -0.1) is 6.58 Å². The van der Waals surface area contributed by atoms with Gasteiger partial charge in [0.2, 0.25) is 0 Å². The minimum atomic E-state index is -0.0711. The number of allylic oxidation sites excluding steroid dienone is 1. The van der Waals surface area contributed by atoms with Crippen molar-refractivity contribution >= 4 is 5.97 Å². The quantitative estimate of drug-likeness (QED) is 0.455. The highest BCUT2D eigenvalue weighted by Gasteiger charge is 2.27. The second-order valence-corrected chi connectivity index (χ2v) is 4.98. The summed E-state index contributed by atoms with van der Waals surface area (Å²) in [6.07, 6.45) is 7.17. The minimum Gasteiger partial charge on any atom is -0.426 e. The van der Waals surface area contributed by atoms with E-state index in [0.717, 1.165) is 32.1 Å². The second kappa shape index (κ2) is 6.39. The maximum atomic E-state index is 12.0. The lowest BCUT2D eigenvalue weighted by Gasteiger charge is -2.26. The Balaban J connectivity index is 1.82. The van der Waals surface area contributed by atoms with Crippen LogP contribution in [0.25, 0.3) is 0 Å². The molecule has 0 saturated heterocycles. The van der Waals surface area contributed by atoms with Gasteiger partial charge in [-0.25, -0.2) is 0 Å². The van der Waals surface area contributed by atoms with E-state index in [2.05, 4.69) is 6.58 Å². The maximum Gasteiger partial charge on any atom is 0.314 e. The monoisotopic (exact) mass is 244 g/mol. The van der Waals surface area contributed by atoms with Crippen LogP contribution in [0.15, 0.2) is 43.0 Å². The topological polar surface area (TPSA) is 26.3 Å². The predicted molar refractivity (Wildman–Crippen MR) is 72.3 cm³/mol. The van der Waals surface area contributed by atoms with Crippen molar-refractivity contribution in [3.05, 3.63) is 43.0 Å². The number of hydrogen-bond acceptors (Lipinski definition) is 2. The van der Waals surface area contributed by atoms with Gasteiger partial charge in [-0.05, 0) is 50.2 Å². The van der Waals surface area contributed by atoms with Crippen LogP contribution in [-0.4, -0.2) is 5.97 Å². The molecule has 2 heteroatoms. The van der Waals surface area contributed by atoms with Gasteiger partial charge in [0.05, 0.1) is 5.92 Å². The van der Waals surface area contributed by atoms with Gasteiger partial charge >= 0.3 is 5.97 Å². The second-order valence-electron chi connectivity index (χ2n) is 4.98. The van der Waals surface area contributed by atoms with E-state index in [9.17, 15) is 4.79 Å². The highest BCUT2D eigenvalue weighted by atomic mass is 16.5. The number of hydrogen-bond donors (Lipinski definition) is 0. The van der Waals surface area contributed by atoms with E-state index in [1.54, 1.807) is 0 Å². The van der Waals surface area contributed by atoms with Crippen molar-refractivity contribution < 1.29 is 9.53 Å². The highest BCUT2D eigenvalue weighted by Crippen LogP contribution is 2.31. The van der Waals surface area contributed by atoms with Crippen LogP contribution in [-0.2, 0) is 4.79 Å². The van der Waals surface area contributed by atoms with Crippen LogP contribution in [0.3, 0.4) is 0 Å². The molecule has 0 atom stereocenters. The number of carbonyl (C=O) groups excluding carboxylic acids is 1. The first-order valence-corrected chi connectivity index (χ1v) is 6.67. The molecule has 0 aliphatic heterocycles. The third-order valence-corrected chi connectivity index (χ3v) is 3.64. The van der Waals surface area contributed by atoms with Gasteiger partial charge in [-0.1, -0.05) is 24.3 Å². The average Bonchev–Trinajstić information content (AvgIpc) is 2.41. The molecule has 0 N–H and O–H groups in total. The fraction of sp³-hybridized carbons (Fsp3) is 0.438. The molecule has 0 heterocycles. The van der Waals surface area contributed by atoms with Crippen molar-refractivity contribution in [2.24, 2.45) is 11.8 Å². The summed E-state index contributed by atoms with van der Waals surface area (Å²) in [5, 5.41) is 0. The normalized spacial score (nSPS) is 23.3. The van der Waals surface area contributed by atoms with Gasteiger partial charge in [-0.2, -0.15) is 0 Å². The van der Waals surface area contributed by atoms with Gasteiger partial charge in [0, 0.05) is 0 Å². The lowest BCUT2D eigenvalue weighted by Crippen LogP contribution is -2.25. The first kappa shape index (κ1) is 12.9. The zero-order chi connectivity index (χ0) is 12.8. The van der Waals surface area contributed by atoms with Crippen molar-refractivity contribution in [3.63, 3.8) is 0 Å². The zero-order valence-corrected chi connectivity index (χ0v) is 10.7. The summed E-state index contributed by atoms with van der Waals surface area (Å²) >= 11 is 0. The maximum absolute atomic E-state index is 12.0. The number of benzene rings is 1. The Morgan fingerprint density at radius 3 is 2.50 bits per heavy atom. The molecular weight excluding hydrogens is 224 g/mol. The molecule has 1 fully saturated rings. The van der Waals surface area contributed by atoms with E-state index in [1.807, 2.05) is 36.4 Å². The number of rotatable bonds is 4. The van der Waals surface area contributed by atoms with Crippen LogP contribution in [0.5, 0.6) is 5.75 Å². The van der Waals surface area contributed by atoms with E-state index in [0.29, 0.717) is 11.7 Å². The summed E-state index contributed by atoms with van der Waals surface area (Å²) in [6.45, 7) is 3.77. The molecule has 0 amide bonds. The highest BCUT2D eigenvalue weighted by molar-refractivity contribution is 5.75. The summed E-state index contributed by atoms with van der Waals surface area (Å²) < 4.78 is 5.39. The van der Waals surface area contributed by atoms with Gasteiger partial charge in [0.1, 0.15) is 5.75 Å². The molecule has 2 rings (SSSR count). The summed E-state index contributed by atoms with van der Waals surface area (Å²) in [6, 6.07) is 9.31. The number of ether oxygens (including phenoxy) is 1. The molecule has 1 aromatic rings. The van der Waals surface area contributed by atoms with Crippen LogP contribution in [0.1, 0.15) is 32.1 Å². The first-order chi connectivity index (χ1) is 8.79. The molecule has 0 bridgehead atoms. The number of carbonyl (C=O) groups is 1. The van der Waals surface area contributed by atoms with Gasteiger partial charge in [0.15, 0.2) is 0 Å². The van der Waals surface area contributed by atoms with Crippen LogP contribution < -0.4 is 4.74 Å². The van der Waals surface area contributed by atoms with E-state index in [4.69, 9.17) is 4.74 Å². The average molecular weight is 244 g/mol. The van der Waals surface area contributed by atoms with Crippen LogP contribution in [0, 0.1) is 11.8 Å². The van der Waals surface area contributed by atoms with Gasteiger partial charge in [0.25, 0.3) is 0 Å². The fourth-order valence-electron chi connectivity index (χ4n) is 2.56. The summed E-state index contributed by atoms with van der Waals surface area (Å²) in [7, 11) is 0. The van der Waals surface area contributed by atoms with Crippen molar-refractivity contribution in [1.82, 2.24) is 0 Å². The van der Waals surface area contributed by atoms with Crippen LogP contribution in [0.2, 0.25) is 0 Å². The Morgan fingerprint density at radius 1 is 1.22 bits per heavy atom. The van der Waals surface area contributed by atoms with Crippen LogP contribution in [0.4, 0.5) is 0 Å². The number of esters is 1. The summed E-state index contributed by atoms with van der Waals surface area (Å²) in [5.74, 6) is 1.36. The van der Waals surface area contributed by atoms with Crippen LogP contribution >= 0.6 is 0 Å². The molecule has 1 aromatic carbocycles. The lowest BCUT2D eigenvalue weighted by atomic mass is 9.80. The molecule has 96 valence electrons. The van der Waals surface area contributed by atoms with E-state index in [1.165, 1.54) is 0 Å². The Hall–Kier alpha value is -1.57. The molecule has 0 aromatic heterocycles. The molecule has 0 radical (unpaired) electrons. The van der Waals surface area contributed by atoms with Gasteiger partial charge in [-0.3, -0.25) is 4.79 Å². The third kappa shape index (κ3) is 3.46. The Labute approximate surface area is 109 Å². The third-order valence-electron chi connectivity index (χ3n) is 3.64. The molecule has 0 spiro atoms. The Bertz CT molecular complexity index is 389. The lowest BCUT2D eigenvalue weighted by molar-refractivity contribution is -0.140. The Kier molecular flexibility index (Phi) is 4.57. The summed E-state index contributed by atoms with van der Waals surface area (Å²) in [4.78, 5) is 12.0. The standard InChI is InChI=1S/C16H20O2/c1-2-6-13-9-11-14(12-10-13)16(17)18-15-7-4-3-5-8-15/h2-5,7-8,13-14H,1,6,9-12H2. The summed E-state index contributed by atoms with van der Waals surface area (Å²) in [5.41, 5.74) is 0. The van der Waals surface area contributed by atoms with E-state index >= 15 is 0 Å². The largest absolute Gasteiger partial charge is 0.426 e. The van der Waals surface area contributed by atoms with Crippen molar-refractivity contribution in [1.29, 1.82) is 0 Å². The van der Waals surface area contributed by atoms with Crippen molar-refractivity contribution in [3.8, 4) is 5.75 Å². The number of para-hydroxylation sites is 1. The predicted octanol–water partition coefficient (Wildman–Crippen LogP) is 3.97. The molecule has 2 nitrogen and oxygen atoms in total. The minimum absolute atomic E-state index is 0.0711. The van der Waals surface area contributed by atoms with Crippen molar-refractivity contribution in [2.45, 2.75) is 32.1 Å². The molecule has 0 unspecified atom stereocenters. The molecule has 1 aliphatic rings. The smallest absolute Gasteiger partial charge is 0.314 e.